The van der Waals surface area contributed by atoms with E-state index < -0.39 is 0 Å². The van der Waals surface area contributed by atoms with E-state index in [0.29, 0.717) is 0 Å². The van der Waals surface area contributed by atoms with Gasteiger partial charge in [-0.05, 0) is 0 Å². The third-order valence-electron chi connectivity index (χ3n) is 2.21. The van der Waals surface area contributed by atoms with Crippen LogP contribution in [-0.4, -0.2) is 21.1 Å². The Morgan fingerprint density at radius 3 is 1.40 bits per heavy atom. The second-order valence-electron chi connectivity index (χ2n) is 3.22. The van der Waals surface area contributed by atoms with Crippen molar-refractivity contribution >= 4 is 21.1 Å². The van der Waals surface area contributed by atoms with Crippen molar-refractivity contribution in [2.24, 2.45) is 0 Å². The van der Waals surface area contributed by atoms with E-state index in [4.69, 9.17) is 0 Å². The van der Waals surface area contributed by atoms with Crippen LogP contribution in [0.1, 0.15) is 44.9 Å². The molecule has 1 saturated heterocycles. The van der Waals surface area contributed by atoms with Crippen LogP contribution in [0, 0.1) is 0 Å². The monoisotopic (exact) mass is 246 g/mol. The van der Waals surface area contributed by atoms with E-state index in [2.05, 4.69) is 0 Å². The zero-order valence-electron chi connectivity index (χ0n) is 6.86. The minimum atomic E-state index is 0.171. The van der Waals surface area contributed by atoms with Gasteiger partial charge < -0.3 is 0 Å². The van der Waals surface area contributed by atoms with Crippen LogP contribution < -0.4 is 0 Å². The van der Waals surface area contributed by atoms with Crippen LogP contribution in [0.4, 0.5) is 0 Å². The van der Waals surface area contributed by atoms with Crippen molar-refractivity contribution in [2.45, 2.75) is 53.8 Å². The second-order valence-corrected chi connectivity index (χ2v) is 7.51. The predicted octanol–water partition coefficient (Wildman–Crippen LogP) is 3.27. The van der Waals surface area contributed by atoms with Gasteiger partial charge in [-0.25, -0.2) is 0 Å². The Bertz CT molecular complexity index is 37.9. The molecule has 0 unspecified atom stereocenters. The third kappa shape index (κ3) is 4.59. The Hall–Kier alpha value is 0.799. The Morgan fingerprint density at radius 1 is 0.500 bits per heavy atom. The van der Waals surface area contributed by atoms with E-state index in [9.17, 15) is 0 Å². The van der Waals surface area contributed by atoms with Crippen LogP contribution >= 0.6 is 0 Å². The van der Waals surface area contributed by atoms with Crippen LogP contribution in [0.25, 0.3) is 0 Å². The van der Waals surface area contributed by atoms with Gasteiger partial charge in [0.15, 0.2) is 0 Å². The minimum absolute atomic E-state index is 0.171. The molecule has 0 saturated carbocycles. The van der Waals surface area contributed by atoms with E-state index in [1.165, 1.54) is 19.3 Å². The molecule has 1 fully saturated rings. The van der Waals surface area contributed by atoms with Crippen molar-refractivity contribution in [3.8, 4) is 0 Å². The molecule has 1 aliphatic rings. The molecule has 10 heavy (non-hydrogen) atoms. The second kappa shape index (κ2) is 6.51. The zero-order chi connectivity index (χ0) is 7.07. The molecule has 0 aromatic carbocycles. The van der Waals surface area contributed by atoms with Gasteiger partial charge in [0.05, 0.1) is 0 Å². The van der Waals surface area contributed by atoms with E-state index >= 15 is 0 Å². The van der Waals surface area contributed by atoms with Crippen molar-refractivity contribution in [2.75, 3.05) is 0 Å². The van der Waals surface area contributed by atoms with Gasteiger partial charge in [-0.3, -0.25) is 0 Å². The molecule has 1 aliphatic heterocycles. The molecule has 0 amide bonds. The summed E-state index contributed by atoms with van der Waals surface area (Å²) in [7, 11) is 0. The first-order chi connectivity index (χ1) is 5.00. The SMILES string of the molecule is C1CCC[CH2][Sn][CH2]CCC1. The molecule has 0 aromatic rings. The van der Waals surface area contributed by atoms with Crippen LogP contribution in [-0.2, 0) is 0 Å². The summed E-state index contributed by atoms with van der Waals surface area (Å²) in [5.41, 5.74) is 0. The number of hydrogen-bond donors (Lipinski definition) is 0. The van der Waals surface area contributed by atoms with Gasteiger partial charge in [-0.15, -0.1) is 0 Å². The summed E-state index contributed by atoms with van der Waals surface area (Å²) in [6, 6.07) is 0. The molecule has 0 aliphatic carbocycles. The summed E-state index contributed by atoms with van der Waals surface area (Å²) >= 11 is 0.171. The third-order valence-corrected chi connectivity index (χ3v) is 6.24. The molecule has 58 valence electrons. The fraction of sp³-hybridized carbons (Fsp3) is 1.00. The topological polar surface area (TPSA) is 0 Å². The van der Waals surface area contributed by atoms with Gasteiger partial charge >= 0.3 is 75.0 Å². The zero-order valence-corrected chi connectivity index (χ0v) is 9.72. The maximum atomic E-state index is 1.67. The van der Waals surface area contributed by atoms with Crippen molar-refractivity contribution in [3.63, 3.8) is 0 Å². The molecule has 0 spiro atoms. The average molecular weight is 245 g/mol. The normalized spacial score (nSPS) is 24.0. The molecule has 1 rings (SSSR count). The number of hydrogen-bond acceptors (Lipinski definition) is 0. The average Bonchev–Trinajstić information content (AvgIpc) is 2.01. The van der Waals surface area contributed by atoms with Gasteiger partial charge in [0, 0.05) is 0 Å². The van der Waals surface area contributed by atoms with Crippen LogP contribution in [0.15, 0.2) is 0 Å². The van der Waals surface area contributed by atoms with Gasteiger partial charge in [0.2, 0.25) is 0 Å². The Labute approximate surface area is 75.0 Å². The molecule has 1 heteroatoms. The quantitative estimate of drug-likeness (QED) is 0.574. The van der Waals surface area contributed by atoms with Gasteiger partial charge in [0.25, 0.3) is 0 Å². The molecular weight excluding hydrogens is 227 g/mol. The standard InChI is InChI=1S/C9H18.Sn/c1-3-5-7-9-8-6-4-2;/h1-9H2;. The molecular formula is C9H18Sn. The van der Waals surface area contributed by atoms with Crippen molar-refractivity contribution < 1.29 is 0 Å². The molecule has 0 bridgehead atoms. The fourth-order valence-corrected chi connectivity index (χ4v) is 5.08. The fourth-order valence-electron chi connectivity index (χ4n) is 1.51. The predicted molar refractivity (Wildman–Crippen MR) is 47.7 cm³/mol. The van der Waals surface area contributed by atoms with Crippen LogP contribution in [0.5, 0.6) is 0 Å². The van der Waals surface area contributed by atoms with Crippen molar-refractivity contribution in [1.82, 2.24) is 0 Å². The van der Waals surface area contributed by atoms with E-state index in [0.717, 1.165) is 0 Å². The van der Waals surface area contributed by atoms with Crippen molar-refractivity contribution in [1.29, 1.82) is 0 Å². The molecule has 1 heterocycles. The summed E-state index contributed by atoms with van der Waals surface area (Å²) in [6.45, 7) is 0. The van der Waals surface area contributed by atoms with Crippen molar-refractivity contribution in [3.05, 3.63) is 0 Å². The molecule has 2 radical (unpaired) electrons. The summed E-state index contributed by atoms with van der Waals surface area (Å²) in [4.78, 5) is 0. The molecule has 0 aromatic heterocycles. The Balaban J connectivity index is 2.00. The Kier molecular flexibility index (Phi) is 5.78. The van der Waals surface area contributed by atoms with Crippen LogP contribution in [0.3, 0.4) is 0 Å². The van der Waals surface area contributed by atoms with Gasteiger partial charge in [-0.1, -0.05) is 0 Å². The summed E-state index contributed by atoms with van der Waals surface area (Å²) in [5, 5.41) is 0. The first kappa shape index (κ1) is 8.89. The molecule has 0 N–H and O–H groups in total. The van der Waals surface area contributed by atoms with Gasteiger partial charge in [-0.2, -0.15) is 0 Å². The summed E-state index contributed by atoms with van der Waals surface area (Å²) in [6.07, 6.45) is 10.8. The first-order valence-electron chi connectivity index (χ1n) is 4.71. The summed E-state index contributed by atoms with van der Waals surface area (Å²) < 4.78 is 3.34. The van der Waals surface area contributed by atoms with E-state index in [1.54, 1.807) is 34.6 Å². The van der Waals surface area contributed by atoms with Gasteiger partial charge in [0.1, 0.15) is 0 Å². The van der Waals surface area contributed by atoms with E-state index in [1.807, 2.05) is 0 Å². The molecule has 0 atom stereocenters. The summed E-state index contributed by atoms with van der Waals surface area (Å²) in [5.74, 6) is 0. The number of rotatable bonds is 0. The Morgan fingerprint density at radius 2 is 0.900 bits per heavy atom. The maximum absolute atomic E-state index is 1.67. The first-order valence-corrected chi connectivity index (χ1v) is 8.74. The van der Waals surface area contributed by atoms with Crippen LogP contribution in [0.2, 0.25) is 8.87 Å². The van der Waals surface area contributed by atoms with E-state index in [-0.39, 0.29) is 21.1 Å². The molecule has 0 nitrogen and oxygen atoms in total.